The molecule has 0 aliphatic heterocycles. The van der Waals surface area contributed by atoms with Gasteiger partial charge in [0.2, 0.25) is 0 Å². The predicted molar refractivity (Wildman–Crippen MR) is 89.1 cm³/mol. The van der Waals surface area contributed by atoms with Crippen molar-refractivity contribution in [3.63, 3.8) is 0 Å². The molecule has 20 heavy (non-hydrogen) atoms. The second-order valence-electron chi connectivity index (χ2n) is 5.24. The highest BCUT2D eigenvalue weighted by Crippen LogP contribution is 2.11. The Bertz CT molecular complexity index is 375. The minimum Gasteiger partial charge on any atom is -0.352 e. The van der Waals surface area contributed by atoms with Gasteiger partial charge in [0.25, 0.3) is 5.91 Å². The molecular weight excluding hydrogens is 314 g/mol. The van der Waals surface area contributed by atoms with Gasteiger partial charge in [0.15, 0.2) is 0 Å². The molecule has 1 amide bonds. The zero-order valence-corrected chi connectivity index (χ0v) is 14.0. The van der Waals surface area contributed by atoms with Gasteiger partial charge in [-0.05, 0) is 30.7 Å². The van der Waals surface area contributed by atoms with Crippen molar-refractivity contribution >= 4 is 21.8 Å². The Kier molecular flexibility index (Phi) is 9.38. The van der Waals surface area contributed by atoms with Crippen LogP contribution in [0.15, 0.2) is 28.7 Å². The average molecular weight is 340 g/mol. The van der Waals surface area contributed by atoms with Gasteiger partial charge >= 0.3 is 0 Å². The van der Waals surface area contributed by atoms with E-state index < -0.39 is 0 Å². The Balaban J connectivity index is 2.01. The molecule has 0 radical (unpaired) electrons. The van der Waals surface area contributed by atoms with Crippen molar-refractivity contribution < 1.29 is 4.79 Å². The van der Waals surface area contributed by atoms with E-state index in [-0.39, 0.29) is 5.91 Å². The Morgan fingerprint density at radius 3 is 2.10 bits per heavy atom. The topological polar surface area (TPSA) is 29.1 Å². The Labute approximate surface area is 131 Å². The van der Waals surface area contributed by atoms with Crippen LogP contribution in [0.2, 0.25) is 0 Å². The summed E-state index contributed by atoms with van der Waals surface area (Å²) in [6.45, 7) is 3.03. The van der Waals surface area contributed by atoms with Crippen molar-refractivity contribution in [3.05, 3.63) is 34.3 Å². The summed E-state index contributed by atoms with van der Waals surface area (Å²) in [5.74, 6) is 0.0282. The highest BCUT2D eigenvalue weighted by molar-refractivity contribution is 9.10. The van der Waals surface area contributed by atoms with E-state index in [0.29, 0.717) is 0 Å². The first kappa shape index (κ1) is 17.2. The summed E-state index contributed by atoms with van der Waals surface area (Å²) < 4.78 is 0.997. The Morgan fingerprint density at radius 1 is 0.950 bits per heavy atom. The van der Waals surface area contributed by atoms with Crippen LogP contribution in [0.3, 0.4) is 0 Å². The number of amides is 1. The van der Waals surface area contributed by atoms with E-state index in [1.807, 2.05) is 24.3 Å². The number of benzene rings is 1. The fraction of sp³-hybridized carbons (Fsp3) is 0.588. The molecule has 2 nitrogen and oxygen atoms in total. The van der Waals surface area contributed by atoms with E-state index in [1.165, 1.54) is 44.9 Å². The molecule has 1 N–H and O–H groups in total. The fourth-order valence-corrected chi connectivity index (χ4v) is 2.43. The molecule has 1 aromatic rings. The minimum atomic E-state index is 0.0282. The van der Waals surface area contributed by atoms with Crippen molar-refractivity contribution in [2.24, 2.45) is 0 Å². The third kappa shape index (κ3) is 7.68. The van der Waals surface area contributed by atoms with Gasteiger partial charge in [0.1, 0.15) is 0 Å². The number of rotatable bonds is 10. The highest BCUT2D eigenvalue weighted by Gasteiger charge is 2.03. The van der Waals surface area contributed by atoms with Crippen molar-refractivity contribution in [3.8, 4) is 0 Å². The molecule has 3 heteroatoms. The molecule has 1 rings (SSSR count). The third-order valence-corrected chi connectivity index (χ3v) is 3.95. The lowest BCUT2D eigenvalue weighted by molar-refractivity contribution is 0.0953. The SMILES string of the molecule is CCCCCCCCCCNC(=O)c1ccc(Br)cc1. The van der Waals surface area contributed by atoms with Gasteiger partial charge in [-0.1, -0.05) is 67.8 Å². The van der Waals surface area contributed by atoms with Gasteiger partial charge in [-0.25, -0.2) is 0 Å². The molecule has 0 atom stereocenters. The standard InChI is InChI=1S/C17H26BrNO/c1-2-3-4-5-6-7-8-9-14-19-17(20)15-10-12-16(18)13-11-15/h10-13H,2-9,14H2,1H3,(H,19,20). The predicted octanol–water partition coefficient (Wildman–Crippen LogP) is 5.32. The molecule has 0 fully saturated rings. The summed E-state index contributed by atoms with van der Waals surface area (Å²) in [6.07, 6.45) is 10.3. The van der Waals surface area contributed by atoms with E-state index >= 15 is 0 Å². The van der Waals surface area contributed by atoms with Crippen molar-refractivity contribution in [1.29, 1.82) is 0 Å². The second kappa shape index (κ2) is 10.9. The maximum Gasteiger partial charge on any atom is 0.251 e. The molecule has 0 saturated carbocycles. The molecule has 0 aromatic heterocycles. The molecule has 0 aliphatic carbocycles. The number of carbonyl (C=O) groups excluding carboxylic acids is 1. The van der Waals surface area contributed by atoms with Crippen LogP contribution in [-0.4, -0.2) is 12.5 Å². The smallest absolute Gasteiger partial charge is 0.251 e. The van der Waals surface area contributed by atoms with Crippen LogP contribution in [0.1, 0.15) is 68.6 Å². The number of halogens is 1. The Hall–Kier alpha value is -0.830. The van der Waals surface area contributed by atoms with Gasteiger partial charge in [0.05, 0.1) is 0 Å². The quantitative estimate of drug-likeness (QED) is 0.574. The van der Waals surface area contributed by atoms with E-state index in [9.17, 15) is 4.79 Å². The number of nitrogens with one attached hydrogen (secondary N) is 1. The molecule has 0 bridgehead atoms. The first-order valence-electron chi connectivity index (χ1n) is 7.78. The lowest BCUT2D eigenvalue weighted by atomic mass is 10.1. The zero-order valence-electron chi connectivity index (χ0n) is 12.5. The monoisotopic (exact) mass is 339 g/mol. The summed E-state index contributed by atoms with van der Waals surface area (Å²) in [5, 5.41) is 2.98. The molecule has 0 heterocycles. The molecule has 0 saturated heterocycles. The first-order valence-corrected chi connectivity index (χ1v) is 8.57. The van der Waals surface area contributed by atoms with Gasteiger partial charge in [-0.15, -0.1) is 0 Å². The number of hydrogen-bond acceptors (Lipinski definition) is 1. The van der Waals surface area contributed by atoms with Crippen LogP contribution in [0.4, 0.5) is 0 Å². The Morgan fingerprint density at radius 2 is 1.50 bits per heavy atom. The van der Waals surface area contributed by atoms with Crippen molar-refractivity contribution in [2.75, 3.05) is 6.54 Å². The first-order chi connectivity index (χ1) is 9.74. The van der Waals surface area contributed by atoms with Crippen LogP contribution in [-0.2, 0) is 0 Å². The van der Waals surface area contributed by atoms with E-state index in [4.69, 9.17) is 0 Å². The number of carbonyl (C=O) groups is 1. The molecular formula is C17H26BrNO. The third-order valence-electron chi connectivity index (χ3n) is 3.42. The summed E-state index contributed by atoms with van der Waals surface area (Å²) in [5.41, 5.74) is 0.729. The van der Waals surface area contributed by atoms with E-state index in [2.05, 4.69) is 28.2 Å². The summed E-state index contributed by atoms with van der Waals surface area (Å²) in [6, 6.07) is 7.47. The van der Waals surface area contributed by atoms with Crippen molar-refractivity contribution in [2.45, 2.75) is 58.3 Å². The summed E-state index contributed by atoms with van der Waals surface area (Å²) in [7, 11) is 0. The molecule has 0 spiro atoms. The maximum atomic E-state index is 11.8. The molecule has 112 valence electrons. The van der Waals surface area contributed by atoms with Gasteiger partial charge in [0, 0.05) is 16.6 Å². The van der Waals surface area contributed by atoms with Crippen LogP contribution < -0.4 is 5.32 Å². The highest BCUT2D eigenvalue weighted by atomic mass is 79.9. The number of hydrogen-bond donors (Lipinski definition) is 1. The van der Waals surface area contributed by atoms with E-state index in [0.717, 1.165) is 23.0 Å². The van der Waals surface area contributed by atoms with Crippen LogP contribution in [0, 0.1) is 0 Å². The summed E-state index contributed by atoms with van der Waals surface area (Å²) >= 11 is 3.37. The zero-order chi connectivity index (χ0) is 14.6. The lowest BCUT2D eigenvalue weighted by Gasteiger charge is -2.05. The summed E-state index contributed by atoms with van der Waals surface area (Å²) in [4.78, 5) is 11.8. The van der Waals surface area contributed by atoms with Gasteiger partial charge < -0.3 is 5.32 Å². The second-order valence-corrected chi connectivity index (χ2v) is 6.15. The molecule has 0 aliphatic rings. The lowest BCUT2D eigenvalue weighted by Crippen LogP contribution is -2.24. The normalized spacial score (nSPS) is 10.5. The number of unbranched alkanes of at least 4 members (excludes halogenated alkanes) is 7. The fourth-order valence-electron chi connectivity index (χ4n) is 2.16. The maximum absolute atomic E-state index is 11.8. The van der Waals surface area contributed by atoms with E-state index in [1.54, 1.807) is 0 Å². The van der Waals surface area contributed by atoms with Gasteiger partial charge in [-0.2, -0.15) is 0 Å². The average Bonchev–Trinajstić information content (AvgIpc) is 2.46. The van der Waals surface area contributed by atoms with Gasteiger partial charge in [-0.3, -0.25) is 4.79 Å². The van der Waals surface area contributed by atoms with Crippen LogP contribution >= 0.6 is 15.9 Å². The van der Waals surface area contributed by atoms with Crippen LogP contribution in [0.5, 0.6) is 0 Å². The largest absolute Gasteiger partial charge is 0.352 e. The molecule has 1 aromatic carbocycles. The minimum absolute atomic E-state index is 0.0282. The van der Waals surface area contributed by atoms with Crippen molar-refractivity contribution in [1.82, 2.24) is 5.32 Å². The molecule has 0 unspecified atom stereocenters. The van der Waals surface area contributed by atoms with Crippen LogP contribution in [0.25, 0.3) is 0 Å².